The topological polar surface area (TPSA) is 17.1 Å². The lowest BCUT2D eigenvalue weighted by Crippen LogP contribution is -2.16. The summed E-state index contributed by atoms with van der Waals surface area (Å²) in [5.41, 5.74) is 0. The molecule has 0 unspecified atom stereocenters. The highest BCUT2D eigenvalue weighted by Crippen LogP contribution is 2.27. The largest absolute Gasteiger partial charge is 0.299 e. The highest BCUT2D eigenvalue weighted by atomic mass is 16.1. The van der Waals surface area contributed by atoms with E-state index < -0.39 is 0 Å². The van der Waals surface area contributed by atoms with Crippen LogP contribution >= 0.6 is 0 Å². The van der Waals surface area contributed by atoms with Crippen molar-refractivity contribution in [3.05, 3.63) is 0 Å². The molecule has 0 saturated heterocycles. The first-order chi connectivity index (χ1) is 6.99. The Balaban J connectivity index is 0.000000336. The predicted molar refractivity (Wildman–Crippen MR) is 66.9 cm³/mol. The van der Waals surface area contributed by atoms with E-state index in [1.165, 1.54) is 19.3 Å². The third-order valence-electron chi connectivity index (χ3n) is 3.14. The van der Waals surface area contributed by atoms with Crippen LogP contribution in [0.25, 0.3) is 0 Å². The van der Waals surface area contributed by atoms with Crippen molar-refractivity contribution >= 4 is 5.78 Å². The van der Waals surface area contributed by atoms with E-state index in [9.17, 15) is 4.79 Å². The van der Waals surface area contributed by atoms with Gasteiger partial charge < -0.3 is 0 Å². The summed E-state index contributed by atoms with van der Waals surface area (Å²) >= 11 is 0. The van der Waals surface area contributed by atoms with Gasteiger partial charge in [-0.2, -0.15) is 0 Å². The fourth-order valence-corrected chi connectivity index (χ4v) is 1.68. The maximum Gasteiger partial charge on any atom is 0.138 e. The van der Waals surface area contributed by atoms with Gasteiger partial charge in [0.1, 0.15) is 5.78 Å². The monoisotopic (exact) mass is 212 g/mol. The molecule has 15 heavy (non-hydrogen) atoms. The zero-order valence-corrected chi connectivity index (χ0v) is 11.2. The fraction of sp³-hybridized carbons (Fsp3) is 0.929. The van der Waals surface area contributed by atoms with Crippen LogP contribution in [-0.4, -0.2) is 5.78 Å². The van der Waals surface area contributed by atoms with E-state index >= 15 is 0 Å². The van der Waals surface area contributed by atoms with Crippen LogP contribution in [0.2, 0.25) is 0 Å². The molecule has 1 rings (SSSR count). The zero-order valence-electron chi connectivity index (χ0n) is 11.2. The van der Waals surface area contributed by atoms with E-state index in [1.54, 1.807) is 0 Å². The van der Waals surface area contributed by atoms with Gasteiger partial charge in [-0.15, -0.1) is 0 Å². The third-order valence-corrected chi connectivity index (χ3v) is 3.14. The average Bonchev–Trinajstić information content (AvgIpc) is 2.70. The molecule has 0 N–H and O–H groups in total. The molecule has 0 aliphatic heterocycles. The molecule has 0 amide bonds. The second-order valence-corrected chi connectivity index (χ2v) is 5.34. The first kappa shape index (κ1) is 14.7. The molecule has 0 heterocycles. The van der Waals surface area contributed by atoms with Crippen molar-refractivity contribution in [3.63, 3.8) is 0 Å². The van der Waals surface area contributed by atoms with Crippen LogP contribution in [0.5, 0.6) is 0 Å². The Morgan fingerprint density at radius 1 is 1.13 bits per heavy atom. The van der Waals surface area contributed by atoms with Gasteiger partial charge >= 0.3 is 0 Å². The summed E-state index contributed by atoms with van der Waals surface area (Å²) in [6.45, 7) is 10.6. The Hall–Kier alpha value is -0.330. The highest BCUT2D eigenvalue weighted by Gasteiger charge is 2.23. The van der Waals surface area contributed by atoms with Gasteiger partial charge in [-0.3, -0.25) is 4.79 Å². The van der Waals surface area contributed by atoms with Crippen LogP contribution in [0.15, 0.2) is 0 Å². The lowest BCUT2D eigenvalue weighted by Gasteiger charge is -2.09. The molecule has 0 aromatic rings. The lowest BCUT2D eigenvalue weighted by atomic mass is 9.94. The third kappa shape index (κ3) is 6.70. The van der Waals surface area contributed by atoms with Gasteiger partial charge in [0.25, 0.3) is 0 Å². The molecule has 90 valence electrons. The maximum absolute atomic E-state index is 11.3. The first-order valence-corrected chi connectivity index (χ1v) is 6.52. The van der Waals surface area contributed by atoms with E-state index in [2.05, 4.69) is 20.8 Å². The van der Waals surface area contributed by atoms with Crippen molar-refractivity contribution in [2.75, 3.05) is 0 Å². The molecule has 0 aromatic carbocycles. The van der Waals surface area contributed by atoms with E-state index in [1.807, 2.05) is 13.8 Å². The van der Waals surface area contributed by atoms with Gasteiger partial charge in [0.15, 0.2) is 0 Å². The molecular weight excluding hydrogens is 184 g/mol. The number of hydrogen-bond acceptors (Lipinski definition) is 1. The Morgan fingerprint density at radius 2 is 1.53 bits per heavy atom. The molecule has 1 aliphatic carbocycles. The van der Waals surface area contributed by atoms with Crippen LogP contribution in [-0.2, 0) is 4.79 Å². The Labute approximate surface area is 95.6 Å². The summed E-state index contributed by atoms with van der Waals surface area (Å²) in [7, 11) is 0. The first-order valence-electron chi connectivity index (χ1n) is 6.52. The van der Waals surface area contributed by atoms with Crippen LogP contribution in [0.4, 0.5) is 0 Å². The fourth-order valence-electron chi connectivity index (χ4n) is 1.68. The molecule has 1 saturated carbocycles. The minimum atomic E-state index is 0.253. The van der Waals surface area contributed by atoms with Gasteiger partial charge in [0, 0.05) is 11.8 Å². The summed E-state index contributed by atoms with van der Waals surface area (Å²) in [6.07, 6.45) is 6.14. The van der Waals surface area contributed by atoms with Gasteiger partial charge in [-0.1, -0.05) is 53.9 Å². The molecule has 0 spiro atoms. The van der Waals surface area contributed by atoms with Crippen LogP contribution in [0.1, 0.15) is 66.7 Å². The Kier molecular flexibility index (Phi) is 7.72. The van der Waals surface area contributed by atoms with Crippen molar-refractivity contribution in [2.45, 2.75) is 66.7 Å². The highest BCUT2D eigenvalue weighted by molar-refractivity contribution is 5.82. The van der Waals surface area contributed by atoms with Crippen molar-refractivity contribution < 1.29 is 4.79 Å². The van der Waals surface area contributed by atoms with Crippen molar-refractivity contribution in [1.29, 1.82) is 0 Å². The Morgan fingerprint density at radius 3 is 1.80 bits per heavy atom. The smallest absolute Gasteiger partial charge is 0.138 e. The summed E-state index contributed by atoms with van der Waals surface area (Å²) in [5.74, 6) is 2.04. The SMILES string of the molecule is CC(C)C(=O)C1CCCC1.CCC(C)C. The molecule has 0 bridgehead atoms. The standard InChI is InChI=1S/C9H16O.C5H12/c1-7(2)9(10)8-5-3-4-6-8;1-4-5(2)3/h7-8H,3-6H2,1-2H3;5H,4H2,1-3H3. The number of Topliss-reactive ketones (excluding diaryl/α,β-unsaturated/α-hetero) is 1. The quantitative estimate of drug-likeness (QED) is 0.675. The van der Waals surface area contributed by atoms with E-state index in [0.717, 1.165) is 18.8 Å². The predicted octanol–water partition coefficient (Wildman–Crippen LogP) is 4.45. The van der Waals surface area contributed by atoms with Crippen LogP contribution < -0.4 is 0 Å². The molecule has 1 fully saturated rings. The second kappa shape index (κ2) is 7.90. The van der Waals surface area contributed by atoms with Gasteiger partial charge in [-0.25, -0.2) is 0 Å². The molecule has 1 nitrogen and oxygen atoms in total. The zero-order chi connectivity index (χ0) is 11.8. The number of hydrogen-bond donors (Lipinski definition) is 0. The van der Waals surface area contributed by atoms with E-state index in [0.29, 0.717) is 11.7 Å². The van der Waals surface area contributed by atoms with Crippen LogP contribution in [0, 0.1) is 17.8 Å². The van der Waals surface area contributed by atoms with Crippen LogP contribution in [0.3, 0.4) is 0 Å². The number of ketones is 1. The minimum absolute atomic E-state index is 0.253. The normalized spacial score (nSPS) is 16.7. The molecule has 0 radical (unpaired) electrons. The van der Waals surface area contributed by atoms with Gasteiger partial charge in [-0.05, 0) is 18.8 Å². The van der Waals surface area contributed by atoms with E-state index in [-0.39, 0.29) is 5.92 Å². The van der Waals surface area contributed by atoms with Crippen molar-refractivity contribution in [2.24, 2.45) is 17.8 Å². The summed E-state index contributed by atoms with van der Waals surface area (Å²) in [5, 5.41) is 0. The lowest BCUT2D eigenvalue weighted by molar-refractivity contribution is -0.125. The maximum atomic E-state index is 11.3. The average molecular weight is 212 g/mol. The summed E-state index contributed by atoms with van der Waals surface area (Å²) in [6, 6.07) is 0. The number of carbonyl (C=O) groups is 1. The molecule has 0 atom stereocenters. The minimum Gasteiger partial charge on any atom is -0.299 e. The summed E-state index contributed by atoms with van der Waals surface area (Å²) < 4.78 is 0. The molecule has 1 aliphatic rings. The van der Waals surface area contributed by atoms with Gasteiger partial charge in [0.2, 0.25) is 0 Å². The number of carbonyl (C=O) groups excluding carboxylic acids is 1. The number of rotatable bonds is 3. The molecule has 1 heteroatoms. The van der Waals surface area contributed by atoms with Crippen molar-refractivity contribution in [3.8, 4) is 0 Å². The molecule has 0 aromatic heterocycles. The summed E-state index contributed by atoms with van der Waals surface area (Å²) in [4.78, 5) is 11.3. The molecular formula is C14H28O. The second-order valence-electron chi connectivity index (χ2n) is 5.34. The van der Waals surface area contributed by atoms with Crippen molar-refractivity contribution in [1.82, 2.24) is 0 Å². The Bertz CT molecular complexity index is 164. The van der Waals surface area contributed by atoms with Gasteiger partial charge in [0.05, 0.1) is 0 Å². The van der Waals surface area contributed by atoms with E-state index in [4.69, 9.17) is 0 Å².